The number of rotatable bonds is 3. The Hall–Kier alpha value is -2.36. The van der Waals surface area contributed by atoms with Crippen LogP contribution >= 0.6 is 0 Å². The molecule has 0 aliphatic carbocycles. The summed E-state index contributed by atoms with van der Waals surface area (Å²) in [5.74, 6) is -0.795. The Balaban J connectivity index is 2.16. The summed E-state index contributed by atoms with van der Waals surface area (Å²) in [4.78, 5) is 11.9. The lowest BCUT2D eigenvalue weighted by Crippen LogP contribution is -2.12. The quantitative estimate of drug-likeness (QED) is 0.917. The van der Waals surface area contributed by atoms with Crippen LogP contribution in [0.25, 0.3) is 0 Å². The molecular formula is C15H14FNO2. The standard InChI is InChI=1S/C15H14FNO2/c1-10-3-6-12(7-4-10)17-15(18)11-5-8-14(19-2)13(16)9-11/h3-9H,1-2H3,(H,17,18). The van der Waals surface area contributed by atoms with Crippen molar-refractivity contribution in [3.8, 4) is 5.75 Å². The highest BCUT2D eigenvalue weighted by molar-refractivity contribution is 6.04. The summed E-state index contributed by atoms with van der Waals surface area (Å²) in [6, 6.07) is 11.5. The Labute approximate surface area is 111 Å². The molecule has 0 unspecified atom stereocenters. The van der Waals surface area contributed by atoms with Gasteiger partial charge in [0.05, 0.1) is 7.11 Å². The molecule has 2 rings (SSSR count). The Morgan fingerprint density at radius 1 is 1.16 bits per heavy atom. The van der Waals surface area contributed by atoms with Crippen molar-refractivity contribution in [3.05, 3.63) is 59.4 Å². The highest BCUT2D eigenvalue weighted by Crippen LogP contribution is 2.18. The van der Waals surface area contributed by atoms with E-state index in [1.54, 1.807) is 12.1 Å². The van der Waals surface area contributed by atoms with E-state index in [4.69, 9.17) is 4.74 Å². The van der Waals surface area contributed by atoms with Gasteiger partial charge in [0.25, 0.3) is 5.91 Å². The van der Waals surface area contributed by atoms with Crippen molar-refractivity contribution in [3.63, 3.8) is 0 Å². The minimum atomic E-state index is -0.556. The number of hydrogen-bond acceptors (Lipinski definition) is 2. The molecule has 0 bridgehead atoms. The van der Waals surface area contributed by atoms with Gasteiger partial charge in [-0.1, -0.05) is 17.7 Å². The summed E-state index contributed by atoms with van der Waals surface area (Å²) in [5.41, 5.74) is 2.03. The molecule has 3 nitrogen and oxygen atoms in total. The fourth-order valence-corrected chi connectivity index (χ4v) is 1.65. The maximum Gasteiger partial charge on any atom is 0.255 e. The van der Waals surface area contributed by atoms with Crippen molar-refractivity contribution in [1.29, 1.82) is 0 Å². The second kappa shape index (κ2) is 5.52. The van der Waals surface area contributed by atoms with Gasteiger partial charge >= 0.3 is 0 Å². The van der Waals surface area contributed by atoms with Gasteiger partial charge < -0.3 is 10.1 Å². The van der Waals surface area contributed by atoms with Crippen LogP contribution < -0.4 is 10.1 Å². The molecule has 0 radical (unpaired) electrons. The number of anilines is 1. The first-order chi connectivity index (χ1) is 9.10. The molecule has 0 aliphatic heterocycles. The molecule has 0 spiro atoms. The van der Waals surface area contributed by atoms with Crippen LogP contribution in [0.4, 0.5) is 10.1 Å². The van der Waals surface area contributed by atoms with Crippen LogP contribution in [0.5, 0.6) is 5.75 Å². The van der Waals surface area contributed by atoms with Gasteiger partial charge in [0.2, 0.25) is 0 Å². The third kappa shape index (κ3) is 3.10. The minimum absolute atomic E-state index is 0.117. The summed E-state index contributed by atoms with van der Waals surface area (Å²) in [5, 5.41) is 2.70. The molecule has 0 atom stereocenters. The molecule has 19 heavy (non-hydrogen) atoms. The monoisotopic (exact) mass is 259 g/mol. The van der Waals surface area contributed by atoms with E-state index in [0.717, 1.165) is 11.6 Å². The van der Waals surface area contributed by atoms with Crippen molar-refractivity contribution in [2.24, 2.45) is 0 Å². The number of benzene rings is 2. The zero-order valence-electron chi connectivity index (χ0n) is 10.7. The van der Waals surface area contributed by atoms with Gasteiger partial charge in [0, 0.05) is 11.3 Å². The van der Waals surface area contributed by atoms with E-state index >= 15 is 0 Å². The number of carbonyl (C=O) groups excluding carboxylic acids is 1. The molecular weight excluding hydrogens is 245 g/mol. The van der Waals surface area contributed by atoms with Crippen molar-refractivity contribution >= 4 is 11.6 Å². The Morgan fingerprint density at radius 3 is 2.42 bits per heavy atom. The molecule has 4 heteroatoms. The van der Waals surface area contributed by atoms with E-state index in [9.17, 15) is 9.18 Å². The SMILES string of the molecule is COc1ccc(C(=O)Nc2ccc(C)cc2)cc1F. The van der Waals surface area contributed by atoms with Crippen LogP contribution in [0.3, 0.4) is 0 Å². The first-order valence-electron chi connectivity index (χ1n) is 5.81. The first kappa shape index (κ1) is 13.1. The Bertz CT molecular complexity index is 594. The Kier molecular flexibility index (Phi) is 3.80. The minimum Gasteiger partial charge on any atom is -0.494 e. The molecule has 2 aromatic carbocycles. The van der Waals surface area contributed by atoms with E-state index in [2.05, 4.69) is 5.32 Å². The van der Waals surface area contributed by atoms with E-state index in [1.165, 1.54) is 19.2 Å². The topological polar surface area (TPSA) is 38.3 Å². The zero-order chi connectivity index (χ0) is 13.8. The summed E-state index contributed by atoms with van der Waals surface area (Å²) in [7, 11) is 1.38. The average Bonchev–Trinajstić information content (AvgIpc) is 2.41. The third-order valence-electron chi connectivity index (χ3n) is 2.72. The maximum absolute atomic E-state index is 13.5. The largest absolute Gasteiger partial charge is 0.494 e. The van der Waals surface area contributed by atoms with E-state index in [-0.39, 0.29) is 17.2 Å². The number of ether oxygens (including phenoxy) is 1. The summed E-state index contributed by atoms with van der Waals surface area (Å²) in [6.45, 7) is 1.96. The van der Waals surface area contributed by atoms with Gasteiger partial charge in [-0.2, -0.15) is 0 Å². The lowest BCUT2D eigenvalue weighted by molar-refractivity contribution is 0.102. The summed E-state index contributed by atoms with van der Waals surface area (Å²) < 4.78 is 18.3. The van der Waals surface area contributed by atoms with Crippen molar-refractivity contribution in [2.45, 2.75) is 6.92 Å². The van der Waals surface area contributed by atoms with Crippen LogP contribution in [-0.2, 0) is 0 Å². The van der Waals surface area contributed by atoms with Crippen molar-refractivity contribution < 1.29 is 13.9 Å². The molecule has 0 saturated carbocycles. The second-order valence-electron chi connectivity index (χ2n) is 4.17. The van der Waals surface area contributed by atoms with Crippen LogP contribution in [0.2, 0.25) is 0 Å². The summed E-state index contributed by atoms with van der Waals surface area (Å²) >= 11 is 0. The number of amides is 1. The second-order valence-corrected chi connectivity index (χ2v) is 4.17. The maximum atomic E-state index is 13.5. The van der Waals surface area contributed by atoms with Crippen molar-refractivity contribution in [2.75, 3.05) is 12.4 Å². The normalized spacial score (nSPS) is 10.1. The smallest absolute Gasteiger partial charge is 0.255 e. The lowest BCUT2D eigenvalue weighted by atomic mass is 10.2. The predicted octanol–water partition coefficient (Wildman–Crippen LogP) is 3.40. The summed E-state index contributed by atoms with van der Waals surface area (Å²) in [6.07, 6.45) is 0. The lowest BCUT2D eigenvalue weighted by Gasteiger charge is -2.07. The molecule has 98 valence electrons. The fourth-order valence-electron chi connectivity index (χ4n) is 1.65. The third-order valence-corrected chi connectivity index (χ3v) is 2.72. The highest BCUT2D eigenvalue weighted by Gasteiger charge is 2.10. The molecule has 1 amide bonds. The number of aryl methyl sites for hydroxylation is 1. The van der Waals surface area contributed by atoms with Crippen LogP contribution in [0.1, 0.15) is 15.9 Å². The number of methoxy groups -OCH3 is 1. The van der Waals surface area contributed by atoms with Crippen LogP contribution in [0, 0.1) is 12.7 Å². The van der Waals surface area contributed by atoms with Crippen molar-refractivity contribution in [1.82, 2.24) is 0 Å². The van der Waals surface area contributed by atoms with Gasteiger partial charge in [-0.15, -0.1) is 0 Å². The number of halogens is 1. The number of carbonyl (C=O) groups is 1. The zero-order valence-corrected chi connectivity index (χ0v) is 10.7. The first-order valence-corrected chi connectivity index (χ1v) is 5.81. The molecule has 1 N–H and O–H groups in total. The van der Waals surface area contributed by atoms with E-state index < -0.39 is 5.82 Å². The van der Waals surface area contributed by atoms with Gasteiger partial charge in [0.1, 0.15) is 0 Å². The number of nitrogens with one attached hydrogen (secondary N) is 1. The van der Waals surface area contributed by atoms with E-state index in [1.807, 2.05) is 19.1 Å². The van der Waals surface area contributed by atoms with Gasteiger partial charge in [-0.3, -0.25) is 4.79 Å². The average molecular weight is 259 g/mol. The molecule has 0 aliphatic rings. The van der Waals surface area contributed by atoms with Crippen LogP contribution in [-0.4, -0.2) is 13.0 Å². The molecule has 0 aromatic heterocycles. The van der Waals surface area contributed by atoms with Gasteiger partial charge in [-0.25, -0.2) is 4.39 Å². The van der Waals surface area contributed by atoms with Crippen LogP contribution in [0.15, 0.2) is 42.5 Å². The molecule has 0 saturated heterocycles. The van der Waals surface area contributed by atoms with E-state index in [0.29, 0.717) is 5.69 Å². The van der Waals surface area contributed by atoms with Gasteiger partial charge in [0.15, 0.2) is 11.6 Å². The predicted molar refractivity (Wildman–Crippen MR) is 72.1 cm³/mol. The number of hydrogen-bond donors (Lipinski definition) is 1. The fraction of sp³-hybridized carbons (Fsp3) is 0.133. The molecule has 2 aromatic rings. The molecule has 0 fully saturated rings. The molecule has 0 heterocycles. The Morgan fingerprint density at radius 2 is 1.84 bits per heavy atom. The van der Waals surface area contributed by atoms with Gasteiger partial charge in [-0.05, 0) is 37.3 Å². The highest BCUT2D eigenvalue weighted by atomic mass is 19.1.